The molecule has 3 rings (SSSR count). The van der Waals surface area contributed by atoms with Crippen LogP contribution in [0.1, 0.15) is 28.6 Å². The second-order valence-electron chi connectivity index (χ2n) is 6.01. The van der Waals surface area contributed by atoms with Gasteiger partial charge in [-0.3, -0.25) is 4.79 Å². The first kappa shape index (κ1) is 18.1. The Bertz CT molecular complexity index is 1100. The van der Waals surface area contributed by atoms with Crippen molar-refractivity contribution in [1.82, 2.24) is 0 Å². The van der Waals surface area contributed by atoms with Gasteiger partial charge in [-0.15, -0.1) is 0 Å². The zero-order valence-electron chi connectivity index (χ0n) is 14.3. The normalized spacial score (nSPS) is 10.7. The lowest BCUT2D eigenvalue weighted by atomic mass is 9.90. The molecule has 0 saturated carbocycles. The summed E-state index contributed by atoms with van der Waals surface area (Å²) in [6.07, 6.45) is 0.0625. The van der Waals surface area contributed by atoms with Gasteiger partial charge in [0.25, 0.3) is 0 Å². The van der Waals surface area contributed by atoms with Gasteiger partial charge < -0.3 is 24.8 Å². The number of Topliss-reactive ketones (excluding diaryl/α,β-unsaturated/α-hetero) is 1. The monoisotopic (exact) mass is 368 g/mol. The van der Waals surface area contributed by atoms with Gasteiger partial charge in [-0.1, -0.05) is 12.1 Å². The fourth-order valence-corrected chi connectivity index (χ4v) is 2.95. The summed E-state index contributed by atoms with van der Waals surface area (Å²) in [5, 5.41) is 39.7. The van der Waals surface area contributed by atoms with Crippen LogP contribution >= 0.6 is 0 Å². The number of phenols is 3. The van der Waals surface area contributed by atoms with Crippen molar-refractivity contribution in [1.29, 1.82) is 0 Å². The molecule has 138 valence electrons. The van der Waals surface area contributed by atoms with Crippen LogP contribution in [0, 0.1) is 0 Å². The molecule has 1 aromatic heterocycles. The average Bonchev–Trinajstić information content (AvgIpc) is 2.57. The van der Waals surface area contributed by atoms with E-state index in [-0.39, 0.29) is 40.4 Å². The highest BCUT2D eigenvalue weighted by molar-refractivity contribution is 6.04. The van der Waals surface area contributed by atoms with Crippen molar-refractivity contribution in [3.8, 4) is 34.1 Å². The Hall–Kier alpha value is -3.74. The zero-order chi connectivity index (χ0) is 19.7. The first-order valence-corrected chi connectivity index (χ1v) is 7.98. The maximum Gasteiger partial charge on any atom is 0.378 e. The van der Waals surface area contributed by atoms with Gasteiger partial charge in [0.15, 0.2) is 5.78 Å². The van der Waals surface area contributed by atoms with Gasteiger partial charge in [-0.05, 0) is 36.8 Å². The van der Waals surface area contributed by atoms with E-state index in [1.54, 1.807) is 12.1 Å². The summed E-state index contributed by atoms with van der Waals surface area (Å²) >= 11 is 0. The van der Waals surface area contributed by atoms with Crippen molar-refractivity contribution in [2.45, 2.75) is 13.3 Å². The summed E-state index contributed by atoms with van der Waals surface area (Å²) in [5.41, 5.74) is -0.105. The lowest BCUT2D eigenvalue weighted by molar-refractivity contribution is 0.101. The maximum absolute atomic E-state index is 12.0. The molecule has 0 fully saturated rings. The third kappa shape index (κ3) is 3.48. The number of ketones is 1. The molecular formula is C20H16O7. The second-order valence-corrected chi connectivity index (χ2v) is 6.01. The molecule has 3 aromatic rings. The Morgan fingerprint density at radius 2 is 1.70 bits per heavy atom. The summed E-state index contributed by atoms with van der Waals surface area (Å²) in [6.45, 7) is 1.26. The molecule has 0 aliphatic heterocycles. The Labute approximate surface area is 153 Å². The number of rotatable bonds is 4. The van der Waals surface area contributed by atoms with E-state index >= 15 is 0 Å². The maximum atomic E-state index is 12.0. The van der Waals surface area contributed by atoms with Crippen LogP contribution < -0.4 is 5.63 Å². The molecule has 0 atom stereocenters. The summed E-state index contributed by atoms with van der Waals surface area (Å²) < 4.78 is 5.01. The molecule has 1 heterocycles. The predicted molar refractivity (Wildman–Crippen MR) is 96.3 cm³/mol. The lowest BCUT2D eigenvalue weighted by Gasteiger charge is -2.15. The Kier molecular flexibility index (Phi) is 4.60. The van der Waals surface area contributed by atoms with Crippen LogP contribution in [-0.4, -0.2) is 26.2 Å². The van der Waals surface area contributed by atoms with Crippen molar-refractivity contribution < 1.29 is 29.6 Å². The number of hydrogen-bond acceptors (Lipinski definition) is 7. The van der Waals surface area contributed by atoms with E-state index in [1.807, 2.05) is 0 Å². The van der Waals surface area contributed by atoms with Crippen LogP contribution in [0.3, 0.4) is 0 Å². The molecule has 7 heteroatoms. The molecule has 0 saturated heterocycles. The van der Waals surface area contributed by atoms with E-state index in [4.69, 9.17) is 4.42 Å². The third-order valence-corrected chi connectivity index (χ3v) is 4.08. The highest BCUT2D eigenvalue weighted by Crippen LogP contribution is 2.41. The van der Waals surface area contributed by atoms with Gasteiger partial charge in [0, 0.05) is 23.6 Å². The van der Waals surface area contributed by atoms with Gasteiger partial charge in [0.2, 0.25) is 5.75 Å². The Morgan fingerprint density at radius 3 is 2.37 bits per heavy atom. The number of aromatic hydroxyl groups is 4. The standard InChI is InChI=1S/C20H16O7/c1-10(21)18-14(8-12(22)9-17(18)25)19-11(3-2-4-15(19)23)7-13-5-6-16(24)20(26)27-13/h2-6,8-9,22-25H,7H2,1H3. The van der Waals surface area contributed by atoms with Crippen molar-refractivity contribution >= 4 is 5.78 Å². The molecule has 0 spiro atoms. The highest BCUT2D eigenvalue weighted by Gasteiger charge is 2.21. The van der Waals surface area contributed by atoms with Gasteiger partial charge >= 0.3 is 5.63 Å². The van der Waals surface area contributed by atoms with E-state index in [0.29, 0.717) is 5.56 Å². The largest absolute Gasteiger partial charge is 0.508 e. The van der Waals surface area contributed by atoms with Gasteiger partial charge in [-0.2, -0.15) is 0 Å². The quantitative estimate of drug-likeness (QED) is 0.521. The molecule has 0 aliphatic carbocycles. The number of carbonyl (C=O) groups excluding carboxylic acids is 1. The fraction of sp³-hybridized carbons (Fsp3) is 0.100. The van der Waals surface area contributed by atoms with Crippen LogP contribution in [0.2, 0.25) is 0 Å². The molecule has 2 aromatic carbocycles. The first-order chi connectivity index (χ1) is 12.8. The molecule has 0 amide bonds. The summed E-state index contributed by atoms with van der Waals surface area (Å²) in [4.78, 5) is 23.5. The van der Waals surface area contributed by atoms with E-state index in [0.717, 1.165) is 6.07 Å². The van der Waals surface area contributed by atoms with E-state index in [2.05, 4.69) is 0 Å². The van der Waals surface area contributed by atoms with Crippen LogP contribution in [-0.2, 0) is 6.42 Å². The number of hydrogen-bond donors (Lipinski definition) is 4. The molecular weight excluding hydrogens is 352 g/mol. The third-order valence-electron chi connectivity index (χ3n) is 4.08. The Morgan fingerprint density at radius 1 is 0.963 bits per heavy atom. The summed E-state index contributed by atoms with van der Waals surface area (Å²) in [6, 6.07) is 9.54. The topological polar surface area (TPSA) is 128 Å². The van der Waals surface area contributed by atoms with Crippen LogP contribution in [0.5, 0.6) is 23.0 Å². The van der Waals surface area contributed by atoms with Crippen LogP contribution in [0.15, 0.2) is 51.7 Å². The molecule has 0 bridgehead atoms. The Balaban J connectivity index is 2.22. The van der Waals surface area contributed by atoms with Gasteiger partial charge in [-0.25, -0.2) is 4.79 Å². The molecule has 7 nitrogen and oxygen atoms in total. The first-order valence-electron chi connectivity index (χ1n) is 7.98. The van der Waals surface area contributed by atoms with Gasteiger partial charge in [0.05, 0.1) is 5.56 Å². The molecule has 4 N–H and O–H groups in total. The van der Waals surface area contributed by atoms with E-state index in [1.165, 1.54) is 31.2 Å². The van der Waals surface area contributed by atoms with Crippen molar-refractivity contribution in [2.24, 2.45) is 0 Å². The van der Waals surface area contributed by atoms with Crippen LogP contribution in [0.4, 0.5) is 0 Å². The lowest BCUT2D eigenvalue weighted by Crippen LogP contribution is -2.03. The van der Waals surface area contributed by atoms with E-state index < -0.39 is 22.9 Å². The van der Waals surface area contributed by atoms with Crippen molar-refractivity contribution in [2.75, 3.05) is 0 Å². The molecule has 27 heavy (non-hydrogen) atoms. The zero-order valence-corrected chi connectivity index (χ0v) is 14.3. The highest BCUT2D eigenvalue weighted by atomic mass is 16.4. The average molecular weight is 368 g/mol. The number of benzene rings is 2. The molecule has 0 radical (unpaired) electrons. The smallest absolute Gasteiger partial charge is 0.378 e. The minimum atomic E-state index is -0.895. The summed E-state index contributed by atoms with van der Waals surface area (Å²) in [7, 11) is 0. The number of phenolic OH excluding ortho intramolecular Hbond substituents is 3. The minimum Gasteiger partial charge on any atom is -0.508 e. The van der Waals surface area contributed by atoms with Crippen LogP contribution in [0.25, 0.3) is 11.1 Å². The second kappa shape index (κ2) is 6.87. The SMILES string of the molecule is CC(=O)c1c(O)cc(O)cc1-c1c(O)cccc1Cc1ccc(O)c(=O)o1. The minimum absolute atomic E-state index is 0.0530. The molecule has 0 unspecified atom stereocenters. The van der Waals surface area contributed by atoms with Crippen molar-refractivity contribution in [3.05, 3.63) is 69.8 Å². The predicted octanol–water partition coefficient (Wildman–Crippen LogP) is 2.92. The number of carbonyl (C=O) groups is 1. The summed E-state index contributed by atoms with van der Waals surface area (Å²) in [5.74, 6) is -1.63. The fourth-order valence-electron chi connectivity index (χ4n) is 2.95. The van der Waals surface area contributed by atoms with E-state index in [9.17, 15) is 30.0 Å². The van der Waals surface area contributed by atoms with Crippen molar-refractivity contribution in [3.63, 3.8) is 0 Å². The van der Waals surface area contributed by atoms with Gasteiger partial charge in [0.1, 0.15) is 23.0 Å². The molecule has 0 aliphatic rings.